The zero-order valence-electron chi connectivity index (χ0n) is 15.5. The molecule has 0 radical (unpaired) electrons. The van der Waals surface area contributed by atoms with Gasteiger partial charge in [-0.15, -0.1) is 0 Å². The van der Waals surface area contributed by atoms with Crippen LogP contribution in [0.2, 0.25) is 0 Å². The number of benzene rings is 1. The van der Waals surface area contributed by atoms with Crippen LogP contribution in [0.5, 0.6) is 0 Å². The Morgan fingerprint density at radius 1 is 1.22 bits per heavy atom. The monoisotopic (exact) mass is 390 g/mol. The largest absolute Gasteiger partial charge is 0.339 e. The minimum Gasteiger partial charge on any atom is -0.339 e. The minimum atomic E-state index is -3.13. The summed E-state index contributed by atoms with van der Waals surface area (Å²) in [7, 11) is -3.13. The van der Waals surface area contributed by atoms with Crippen molar-refractivity contribution in [2.75, 3.05) is 25.9 Å². The highest BCUT2D eigenvalue weighted by atomic mass is 32.2. The fourth-order valence-electron chi connectivity index (χ4n) is 3.45. The smallest absolute Gasteiger partial charge is 0.257 e. The van der Waals surface area contributed by atoms with Crippen molar-refractivity contribution in [3.8, 4) is 0 Å². The van der Waals surface area contributed by atoms with E-state index >= 15 is 0 Å². The summed E-state index contributed by atoms with van der Waals surface area (Å²) in [5, 5.41) is 6.52. The average molecular weight is 391 g/mol. The zero-order valence-corrected chi connectivity index (χ0v) is 16.3. The van der Waals surface area contributed by atoms with E-state index in [0.29, 0.717) is 24.4 Å². The molecule has 0 spiro atoms. The van der Waals surface area contributed by atoms with Crippen LogP contribution in [0.3, 0.4) is 0 Å². The van der Waals surface area contributed by atoms with Crippen molar-refractivity contribution in [3.05, 3.63) is 53.3 Å². The van der Waals surface area contributed by atoms with Gasteiger partial charge in [-0.25, -0.2) is 13.1 Å². The van der Waals surface area contributed by atoms with E-state index in [0.717, 1.165) is 37.9 Å². The maximum atomic E-state index is 12.3. The van der Waals surface area contributed by atoms with Crippen molar-refractivity contribution < 1.29 is 13.2 Å². The Morgan fingerprint density at radius 3 is 2.48 bits per heavy atom. The second-order valence-corrected chi connectivity index (χ2v) is 8.99. The standard InChI is InChI=1S/C19H26N4O3S/c1-27(25,26)22-9-6-15-2-4-16(5-3-15)12-17-7-10-23(11-8-17)19(24)18-13-20-21-14-18/h2-5,13-14,17,22H,6-12H2,1H3,(H,20,21). The van der Waals surface area contributed by atoms with Gasteiger partial charge >= 0.3 is 0 Å². The van der Waals surface area contributed by atoms with Crippen molar-refractivity contribution in [2.45, 2.75) is 25.7 Å². The van der Waals surface area contributed by atoms with E-state index in [9.17, 15) is 13.2 Å². The Kier molecular flexibility index (Phi) is 6.28. The van der Waals surface area contributed by atoms with Crippen molar-refractivity contribution in [1.29, 1.82) is 0 Å². The lowest BCUT2D eigenvalue weighted by molar-refractivity contribution is 0.0690. The molecule has 2 heterocycles. The fourth-order valence-corrected chi connectivity index (χ4v) is 3.92. The lowest BCUT2D eigenvalue weighted by atomic mass is 9.89. The number of sulfonamides is 1. The maximum Gasteiger partial charge on any atom is 0.257 e. The summed E-state index contributed by atoms with van der Waals surface area (Å²) in [6.45, 7) is 1.98. The van der Waals surface area contributed by atoms with Gasteiger partial charge in [-0.05, 0) is 42.7 Å². The van der Waals surface area contributed by atoms with Gasteiger partial charge < -0.3 is 4.90 Å². The number of likely N-dealkylation sites (tertiary alicyclic amines) is 1. The molecule has 1 aromatic heterocycles. The number of nitrogens with zero attached hydrogens (tertiary/aromatic N) is 2. The van der Waals surface area contributed by atoms with Gasteiger partial charge in [0.2, 0.25) is 10.0 Å². The molecule has 2 aromatic rings. The van der Waals surface area contributed by atoms with E-state index in [2.05, 4.69) is 39.2 Å². The third-order valence-corrected chi connectivity index (χ3v) is 5.70. The van der Waals surface area contributed by atoms with Crippen molar-refractivity contribution in [1.82, 2.24) is 19.8 Å². The molecular formula is C19H26N4O3S. The molecule has 1 saturated heterocycles. The van der Waals surface area contributed by atoms with Crippen molar-refractivity contribution >= 4 is 15.9 Å². The third kappa shape index (κ3) is 5.90. The van der Waals surface area contributed by atoms with E-state index in [1.54, 1.807) is 12.4 Å². The van der Waals surface area contributed by atoms with E-state index in [1.165, 1.54) is 11.8 Å². The molecule has 0 atom stereocenters. The SMILES string of the molecule is CS(=O)(=O)NCCc1ccc(CC2CCN(C(=O)c3cn[nH]c3)CC2)cc1. The predicted octanol–water partition coefficient (Wildman–Crippen LogP) is 1.60. The molecular weight excluding hydrogens is 364 g/mol. The number of aromatic nitrogens is 2. The number of carbonyl (C=O) groups is 1. The number of amides is 1. The number of aromatic amines is 1. The number of hydrogen-bond acceptors (Lipinski definition) is 4. The van der Waals surface area contributed by atoms with E-state index in [-0.39, 0.29) is 5.91 Å². The molecule has 1 aliphatic rings. The summed E-state index contributed by atoms with van der Waals surface area (Å²) in [6, 6.07) is 8.38. The number of nitrogens with one attached hydrogen (secondary N) is 2. The van der Waals surface area contributed by atoms with Crippen LogP contribution in [0.1, 0.15) is 34.3 Å². The van der Waals surface area contributed by atoms with Crippen molar-refractivity contribution in [2.24, 2.45) is 5.92 Å². The van der Waals surface area contributed by atoms with Crippen LogP contribution >= 0.6 is 0 Å². The number of H-pyrrole nitrogens is 1. The van der Waals surface area contributed by atoms with E-state index in [4.69, 9.17) is 0 Å². The number of piperidine rings is 1. The molecule has 8 heteroatoms. The topological polar surface area (TPSA) is 95.2 Å². The molecule has 1 fully saturated rings. The molecule has 1 amide bonds. The summed E-state index contributed by atoms with van der Waals surface area (Å²) in [5.41, 5.74) is 3.03. The summed E-state index contributed by atoms with van der Waals surface area (Å²) in [4.78, 5) is 14.2. The lowest BCUT2D eigenvalue weighted by Crippen LogP contribution is -2.38. The summed E-state index contributed by atoms with van der Waals surface area (Å²) in [5.74, 6) is 0.630. The predicted molar refractivity (Wildman–Crippen MR) is 104 cm³/mol. The van der Waals surface area contributed by atoms with Gasteiger partial charge in [-0.3, -0.25) is 9.89 Å². The Labute approximate surface area is 160 Å². The summed E-state index contributed by atoms with van der Waals surface area (Å²) >= 11 is 0. The fraction of sp³-hybridized carbons (Fsp3) is 0.474. The molecule has 146 valence electrons. The van der Waals surface area contributed by atoms with Crippen LogP contribution in [-0.2, 0) is 22.9 Å². The Balaban J connectivity index is 1.44. The van der Waals surface area contributed by atoms with Crippen LogP contribution in [0.25, 0.3) is 0 Å². The quantitative estimate of drug-likeness (QED) is 0.751. The summed E-state index contributed by atoms with van der Waals surface area (Å²) < 4.78 is 24.7. The van der Waals surface area contributed by atoms with E-state index < -0.39 is 10.0 Å². The van der Waals surface area contributed by atoms with Crippen LogP contribution in [0.15, 0.2) is 36.7 Å². The molecule has 0 unspecified atom stereocenters. The minimum absolute atomic E-state index is 0.0502. The van der Waals surface area contributed by atoms with Gasteiger partial charge in [0, 0.05) is 25.8 Å². The molecule has 1 aromatic carbocycles. The first-order valence-corrected chi connectivity index (χ1v) is 11.1. The second kappa shape index (κ2) is 8.67. The molecule has 27 heavy (non-hydrogen) atoms. The van der Waals surface area contributed by atoms with Crippen molar-refractivity contribution in [3.63, 3.8) is 0 Å². The van der Waals surface area contributed by atoms with Crippen LogP contribution in [-0.4, -0.2) is 55.3 Å². The van der Waals surface area contributed by atoms with Gasteiger partial charge in [0.15, 0.2) is 0 Å². The Morgan fingerprint density at radius 2 is 1.89 bits per heavy atom. The van der Waals surface area contributed by atoms with Gasteiger partial charge in [-0.2, -0.15) is 5.10 Å². The first kappa shape index (κ1) is 19.6. The molecule has 1 aliphatic heterocycles. The number of rotatable bonds is 7. The first-order valence-electron chi connectivity index (χ1n) is 9.21. The summed E-state index contributed by atoms with van der Waals surface area (Å²) in [6.07, 6.45) is 8.08. The van der Waals surface area contributed by atoms with Crippen LogP contribution in [0, 0.1) is 5.92 Å². The maximum absolute atomic E-state index is 12.3. The first-order chi connectivity index (χ1) is 12.9. The van der Waals surface area contributed by atoms with Gasteiger partial charge in [0.1, 0.15) is 0 Å². The normalized spacial score (nSPS) is 15.8. The molecule has 7 nitrogen and oxygen atoms in total. The third-order valence-electron chi connectivity index (χ3n) is 4.97. The number of hydrogen-bond donors (Lipinski definition) is 2. The van der Waals surface area contributed by atoms with Gasteiger partial charge in [0.05, 0.1) is 18.0 Å². The highest BCUT2D eigenvalue weighted by molar-refractivity contribution is 7.88. The molecule has 3 rings (SSSR count). The highest BCUT2D eigenvalue weighted by Gasteiger charge is 2.24. The highest BCUT2D eigenvalue weighted by Crippen LogP contribution is 2.23. The Hall–Kier alpha value is -2.19. The number of carbonyl (C=O) groups excluding carboxylic acids is 1. The molecule has 0 saturated carbocycles. The second-order valence-electron chi connectivity index (χ2n) is 7.16. The molecule has 0 bridgehead atoms. The van der Waals surface area contributed by atoms with Crippen LogP contribution in [0.4, 0.5) is 0 Å². The van der Waals surface area contributed by atoms with Crippen LogP contribution < -0.4 is 4.72 Å². The van der Waals surface area contributed by atoms with Gasteiger partial charge in [0.25, 0.3) is 5.91 Å². The average Bonchev–Trinajstić information content (AvgIpc) is 3.17. The lowest BCUT2D eigenvalue weighted by Gasteiger charge is -2.31. The zero-order chi connectivity index (χ0) is 19.3. The molecule has 2 N–H and O–H groups in total. The van der Waals surface area contributed by atoms with Gasteiger partial charge in [-0.1, -0.05) is 24.3 Å². The van der Waals surface area contributed by atoms with E-state index in [1.807, 2.05) is 4.90 Å². The Bertz CT molecular complexity index is 840. The molecule has 0 aliphatic carbocycles.